The van der Waals surface area contributed by atoms with Gasteiger partial charge in [-0.2, -0.15) is 0 Å². The second-order valence-corrected chi connectivity index (χ2v) is 4.10. The number of aromatic nitrogens is 3. The Morgan fingerprint density at radius 2 is 2.20 bits per heavy atom. The number of hydrogen-bond acceptors (Lipinski definition) is 6. The van der Waals surface area contributed by atoms with Crippen LogP contribution in [0.3, 0.4) is 0 Å². The normalized spacial score (nSPS) is 17.9. The number of nitrogens with one attached hydrogen (secondary N) is 1. The third-order valence-corrected chi connectivity index (χ3v) is 3.08. The Morgan fingerprint density at radius 1 is 1.47 bits per heavy atom. The number of amides is 1. The maximum Gasteiger partial charge on any atom is 0.319 e. The van der Waals surface area contributed by atoms with Gasteiger partial charge in [0.1, 0.15) is 5.41 Å². The van der Waals surface area contributed by atoms with E-state index in [1.54, 1.807) is 0 Å². The molecule has 0 aromatic carbocycles. The minimum absolute atomic E-state index is 0.229. The van der Waals surface area contributed by atoms with Crippen LogP contribution in [0.1, 0.15) is 19.3 Å². The van der Waals surface area contributed by atoms with E-state index in [-0.39, 0.29) is 5.13 Å². The van der Waals surface area contributed by atoms with Crippen molar-refractivity contribution in [2.45, 2.75) is 19.3 Å². The van der Waals surface area contributed by atoms with Gasteiger partial charge >= 0.3 is 5.97 Å². The fourth-order valence-corrected chi connectivity index (χ4v) is 1.83. The average molecular weight is 228 g/mol. The van der Waals surface area contributed by atoms with Crippen molar-refractivity contribution in [2.24, 2.45) is 5.41 Å². The molecule has 0 radical (unpaired) electrons. The second kappa shape index (κ2) is 3.54. The molecule has 0 aliphatic heterocycles. The molecule has 1 heterocycles. The van der Waals surface area contributed by atoms with Crippen LogP contribution in [-0.2, 0) is 9.59 Å². The maximum absolute atomic E-state index is 11.7. The number of hydrogen-bond donors (Lipinski definition) is 2. The Balaban J connectivity index is 2.10. The second-order valence-electron chi connectivity index (χ2n) is 3.36. The van der Waals surface area contributed by atoms with Gasteiger partial charge < -0.3 is 5.11 Å². The van der Waals surface area contributed by atoms with Gasteiger partial charge in [-0.05, 0) is 18.1 Å². The molecule has 15 heavy (non-hydrogen) atoms. The first-order chi connectivity index (χ1) is 7.15. The highest BCUT2D eigenvalue weighted by atomic mass is 32.1. The van der Waals surface area contributed by atoms with Gasteiger partial charge in [-0.25, -0.2) is 0 Å². The summed E-state index contributed by atoms with van der Waals surface area (Å²) in [5.74, 6) is -1.61. The van der Waals surface area contributed by atoms with Crippen LogP contribution in [0.2, 0.25) is 0 Å². The third kappa shape index (κ3) is 1.56. The number of aliphatic carboxylic acids is 1. The Labute approximate surface area is 88.7 Å². The van der Waals surface area contributed by atoms with Gasteiger partial charge in [-0.1, -0.05) is 16.0 Å². The van der Waals surface area contributed by atoms with Crippen molar-refractivity contribution in [3.8, 4) is 0 Å². The quantitative estimate of drug-likeness (QED) is 0.712. The lowest BCUT2D eigenvalue weighted by molar-refractivity contribution is -0.159. The number of carboxylic acids is 1. The van der Waals surface area contributed by atoms with Gasteiger partial charge in [0.15, 0.2) is 0 Å². The molecule has 1 aromatic heterocycles. The number of carbonyl (C=O) groups is 2. The molecule has 1 fully saturated rings. The van der Waals surface area contributed by atoms with Crippen molar-refractivity contribution in [3.05, 3.63) is 0 Å². The van der Waals surface area contributed by atoms with E-state index in [1.807, 2.05) is 0 Å². The van der Waals surface area contributed by atoms with Gasteiger partial charge in [0.25, 0.3) is 0 Å². The molecule has 1 amide bonds. The van der Waals surface area contributed by atoms with Gasteiger partial charge in [-0.3, -0.25) is 14.9 Å². The monoisotopic (exact) mass is 228 g/mol. The fraction of sp³-hybridized carbons (Fsp3) is 0.571. The molecule has 7 nitrogen and oxygen atoms in total. The van der Waals surface area contributed by atoms with E-state index in [0.29, 0.717) is 12.8 Å². The zero-order valence-corrected chi connectivity index (χ0v) is 8.45. The van der Waals surface area contributed by atoms with E-state index in [9.17, 15) is 9.59 Å². The van der Waals surface area contributed by atoms with Crippen LogP contribution in [0.5, 0.6) is 0 Å². The van der Waals surface area contributed by atoms with Crippen LogP contribution in [0.4, 0.5) is 5.13 Å². The summed E-state index contributed by atoms with van der Waals surface area (Å²) < 4.78 is 3.46. The molecule has 1 saturated carbocycles. The van der Waals surface area contributed by atoms with E-state index in [4.69, 9.17) is 5.11 Å². The zero-order chi connectivity index (χ0) is 10.9. The summed E-state index contributed by atoms with van der Waals surface area (Å²) >= 11 is 0.917. The molecule has 0 saturated heterocycles. The molecule has 1 aromatic rings. The third-order valence-electron chi connectivity index (χ3n) is 2.57. The molecule has 0 bridgehead atoms. The molecule has 0 unspecified atom stereocenters. The minimum atomic E-state index is -1.27. The van der Waals surface area contributed by atoms with Crippen LogP contribution in [-0.4, -0.2) is 31.8 Å². The number of anilines is 1. The van der Waals surface area contributed by atoms with Gasteiger partial charge in [0, 0.05) is 11.5 Å². The summed E-state index contributed by atoms with van der Waals surface area (Å²) in [5.41, 5.74) is -1.27. The summed E-state index contributed by atoms with van der Waals surface area (Å²) in [6.07, 6.45) is 1.51. The highest BCUT2D eigenvalue weighted by Gasteiger charge is 2.51. The first kappa shape index (κ1) is 9.97. The van der Waals surface area contributed by atoms with E-state index in [2.05, 4.69) is 20.1 Å². The Kier molecular flexibility index (Phi) is 2.35. The predicted molar refractivity (Wildman–Crippen MR) is 50.3 cm³/mol. The summed E-state index contributed by atoms with van der Waals surface area (Å²) in [6, 6.07) is 0. The van der Waals surface area contributed by atoms with Crippen molar-refractivity contribution in [1.82, 2.24) is 14.8 Å². The van der Waals surface area contributed by atoms with Crippen molar-refractivity contribution in [2.75, 3.05) is 5.32 Å². The van der Waals surface area contributed by atoms with Crippen molar-refractivity contribution in [3.63, 3.8) is 0 Å². The van der Waals surface area contributed by atoms with E-state index < -0.39 is 17.3 Å². The smallest absolute Gasteiger partial charge is 0.319 e. The zero-order valence-electron chi connectivity index (χ0n) is 7.63. The topological polar surface area (TPSA) is 105 Å². The Bertz CT molecular complexity index is 387. The molecule has 1 aliphatic rings. The standard InChI is InChI=1S/C7H8N4O3S/c12-4(8-6-9-10-11-15-6)7(5(13)14)2-1-3-7/h1-3H2,(H,13,14)(H,8,9,11,12). The number of carboxylic acid groups (broad SMARTS) is 1. The van der Waals surface area contributed by atoms with Crippen molar-refractivity contribution in [1.29, 1.82) is 0 Å². The van der Waals surface area contributed by atoms with Gasteiger partial charge in [0.05, 0.1) is 0 Å². The number of rotatable bonds is 3. The molecule has 2 rings (SSSR count). The summed E-state index contributed by atoms with van der Waals surface area (Å²) in [7, 11) is 0. The molecule has 80 valence electrons. The molecular weight excluding hydrogens is 220 g/mol. The van der Waals surface area contributed by atoms with Crippen LogP contribution < -0.4 is 5.32 Å². The SMILES string of the molecule is O=C(O)C1(C(=O)Nc2nnns2)CCC1. The average Bonchev–Trinajstić information content (AvgIpc) is 2.53. The van der Waals surface area contributed by atoms with E-state index in [1.165, 1.54) is 0 Å². The maximum atomic E-state index is 11.7. The van der Waals surface area contributed by atoms with E-state index in [0.717, 1.165) is 18.0 Å². The molecule has 1 aliphatic carbocycles. The lowest BCUT2D eigenvalue weighted by Gasteiger charge is -2.35. The van der Waals surface area contributed by atoms with Crippen LogP contribution >= 0.6 is 11.5 Å². The lowest BCUT2D eigenvalue weighted by atomic mass is 9.68. The van der Waals surface area contributed by atoms with Crippen molar-refractivity contribution >= 4 is 28.5 Å². The molecule has 2 N–H and O–H groups in total. The highest BCUT2D eigenvalue weighted by Crippen LogP contribution is 2.42. The highest BCUT2D eigenvalue weighted by molar-refractivity contribution is 7.09. The Hall–Kier alpha value is -1.57. The lowest BCUT2D eigenvalue weighted by Crippen LogP contribution is -2.48. The Morgan fingerprint density at radius 3 is 2.60 bits per heavy atom. The predicted octanol–water partition coefficient (Wildman–Crippen LogP) is 0.126. The first-order valence-corrected chi connectivity index (χ1v) is 5.12. The molecule has 0 spiro atoms. The van der Waals surface area contributed by atoms with Crippen LogP contribution in [0, 0.1) is 5.41 Å². The summed E-state index contributed by atoms with van der Waals surface area (Å²) in [4.78, 5) is 22.6. The summed E-state index contributed by atoms with van der Waals surface area (Å²) in [5, 5.41) is 18.4. The van der Waals surface area contributed by atoms with Gasteiger partial charge in [0.2, 0.25) is 11.0 Å². The molecule has 8 heteroatoms. The summed E-state index contributed by atoms with van der Waals surface area (Å²) in [6.45, 7) is 0. The number of carbonyl (C=O) groups excluding carboxylic acids is 1. The van der Waals surface area contributed by atoms with Gasteiger partial charge in [-0.15, -0.1) is 0 Å². The molecular formula is C7H8N4O3S. The molecule has 0 atom stereocenters. The fourth-order valence-electron chi connectivity index (χ4n) is 1.47. The van der Waals surface area contributed by atoms with E-state index >= 15 is 0 Å². The number of nitrogens with zero attached hydrogens (tertiary/aromatic N) is 3. The van der Waals surface area contributed by atoms with Crippen molar-refractivity contribution < 1.29 is 14.7 Å². The largest absolute Gasteiger partial charge is 0.480 e. The minimum Gasteiger partial charge on any atom is -0.480 e. The van der Waals surface area contributed by atoms with Crippen LogP contribution in [0.25, 0.3) is 0 Å². The van der Waals surface area contributed by atoms with Crippen LogP contribution in [0.15, 0.2) is 0 Å². The first-order valence-electron chi connectivity index (χ1n) is 4.35.